The molecule has 126 valence electrons. The van der Waals surface area contributed by atoms with Gasteiger partial charge in [0.25, 0.3) is 5.91 Å². The number of amides is 2. The highest BCUT2D eigenvalue weighted by Crippen LogP contribution is 2.29. The van der Waals surface area contributed by atoms with Gasteiger partial charge in [0.15, 0.2) is 18.1 Å². The van der Waals surface area contributed by atoms with Crippen molar-refractivity contribution in [3.05, 3.63) is 48.0 Å². The zero-order chi connectivity index (χ0) is 17.5. The van der Waals surface area contributed by atoms with E-state index in [4.69, 9.17) is 19.9 Å². The second kappa shape index (κ2) is 7.87. The molecule has 0 spiro atoms. The number of primary amides is 1. The first kappa shape index (κ1) is 17.1. The SMILES string of the molecule is COc1ccc(NC(=O)COc2ccc(C(N)=O)cc2)cc1OC. The van der Waals surface area contributed by atoms with E-state index in [1.165, 1.54) is 26.4 Å². The maximum absolute atomic E-state index is 11.9. The fraction of sp³-hybridized carbons (Fsp3) is 0.176. The lowest BCUT2D eigenvalue weighted by atomic mass is 10.2. The van der Waals surface area contributed by atoms with Gasteiger partial charge in [0.1, 0.15) is 5.75 Å². The van der Waals surface area contributed by atoms with Gasteiger partial charge in [-0.15, -0.1) is 0 Å². The molecule has 2 amide bonds. The Kier molecular flexibility index (Phi) is 5.62. The Morgan fingerprint density at radius 3 is 2.25 bits per heavy atom. The van der Waals surface area contributed by atoms with Crippen molar-refractivity contribution in [3.63, 3.8) is 0 Å². The summed E-state index contributed by atoms with van der Waals surface area (Å²) in [5, 5.41) is 2.69. The van der Waals surface area contributed by atoms with Crippen molar-refractivity contribution in [1.82, 2.24) is 0 Å². The van der Waals surface area contributed by atoms with Crippen LogP contribution in [0.5, 0.6) is 17.2 Å². The summed E-state index contributed by atoms with van der Waals surface area (Å²) in [7, 11) is 3.05. The zero-order valence-electron chi connectivity index (χ0n) is 13.4. The van der Waals surface area contributed by atoms with Gasteiger partial charge in [-0.1, -0.05) is 0 Å². The summed E-state index contributed by atoms with van der Waals surface area (Å²) >= 11 is 0. The minimum Gasteiger partial charge on any atom is -0.493 e. The van der Waals surface area contributed by atoms with Gasteiger partial charge in [0.2, 0.25) is 5.91 Å². The van der Waals surface area contributed by atoms with Gasteiger partial charge < -0.3 is 25.3 Å². The molecule has 0 aliphatic carbocycles. The maximum atomic E-state index is 11.9. The van der Waals surface area contributed by atoms with Crippen LogP contribution < -0.4 is 25.3 Å². The van der Waals surface area contributed by atoms with Crippen LogP contribution >= 0.6 is 0 Å². The Balaban J connectivity index is 1.92. The van der Waals surface area contributed by atoms with E-state index < -0.39 is 5.91 Å². The number of nitrogens with one attached hydrogen (secondary N) is 1. The Morgan fingerprint density at radius 1 is 1.00 bits per heavy atom. The molecule has 7 nitrogen and oxygen atoms in total. The van der Waals surface area contributed by atoms with Gasteiger partial charge in [0, 0.05) is 17.3 Å². The van der Waals surface area contributed by atoms with Gasteiger partial charge >= 0.3 is 0 Å². The van der Waals surface area contributed by atoms with Crippen molar-refractivity contribution >= 4 is 17.5 Å². The fourth-order valence-corrected chi connectivity index (χ4v) is 1.98. The summed E-state index contributed by atoms with van der Waals surface area (Å²) in [5.74, 6) is 0.691. The van der Waals surface area contributed by atoms with Gasteiger partial charge in [0.05, 0.1) is 14.2 Å². The second-order valence-corrected chi connectivity index (χ2v) is 4.80. The van der Waals surface area contributed by atoms with Crippen LogP contribution in [-0.2, 0) is 4.79 Å². The molecule has 3 N–H and O–H groups in total. The average molecular weight is 330 g/mol. The molecule has 24 heavy (non-hydrogen) atoms. The van der Waals surface area contributed by atoms with Gasteiger partial charge in [-0.25, -0.2) is 0 Å². The lowest BCUT2D eigenvalue weighted by Crippen LogP contribution is -2.20. The van der Waals surface area contributed by atoms with Crippen LogP contribution in [0, 0.1) is 0 Å². The normalized spacial score (nSPS) is 9.92. The molecule has 0 saturated heterocycles. The van der Waals surface area contributed by atoms with Crippen LogP contribution in [0.25, 0.3) is 0 Å². The number of carbonyl (C=O) groups is 2. The Labute approximate surface area is 139 Å². The molecule has 0 bridgehead atoms. The van der Waals surface area contributed by atoms with Crippen molar-refractivity contribution in [2.24, 2.45) is 5.73 Å². The van der Waals surface area contributed by atoms with Crippen molar-refractivity contribution in [2.45, 2.75) is 0 Å². The van der Waals surface area contributed by atoms with E-state index >= 15 is 0 Å². The van der Waals surface area contributed by atoms with E-state index in [1.54, 1.807) is 30.3 Å². The van der Waals surface area contributed by atoms with Crippen molar-refractivity contribution < 1.29 is 23.8 Å². The lowest BCUT2D eigenvalue weighted by molar-refractivity contribution is -0.118. The van der Waals surface area contributed by atoms with Crippen LogP contribution in [-0.4, -0.2) is 32.6 Å². The summed E-state index contributed by atoms with van der Waals surface area (Å²) in [6, 6.07) is 11.2. The first-order valence-corrected chi connectivity index (χ1v) is 7.08. The molecule has 0 aliphatic rings. The van der Waals surface area contributed by atoms with Crippen LogP contribution in [0.2, 0.25) is 0 Å². The molecule has 0 saturated carbocycles. The minimum atomic E-state index is -0.521. The predicted molar refractivity (Wildman–Crippen MR) is 88.6 cm³/mol. The summed E-state index contributed by atoms with van der Waals surface area (Å²) in [6.45, 7) is -0.176. The highest BCUT2D eigenvalue weighted by molar-refractivity contribution is 5.93. The first-order valence-electron chi connectivity index (χ1n) is 7.08. The van der Waals surface area contributed by atoms with Crippen LogP contribution in [0.15, 0.2) is 42.5 Å². The van der Waals surface area contributed by atoms with Crippen LogP contribution in [0.3, 0.4) is 0 Å². The van der Waals surface area contributed by atoms with Crippen LogP contribution in [0.4, 0.5) is 5.69 Å². The standard InChI is InChI=1S/C17H18N2O5/c1-22-14-8-5-12(9-15(14)23-2)19-16(20)10-24-13-6-3-11(4-7-13)17(18)21/h3-9H,10H2,1-2H3,(H2,18,21)(H,19,20). The number of carbonyl (C=O) groups excluding carboxylic acids is 2. The average Bonchev–Trinajstić information content (AvgIpc) is 2.60. The zero-order valence-corrected chi connectivity index (χ0v) is 13.4. The summed E-state index contributed by atoms with van der Waals surface area (Å²) in [6.07, 6.45) is 0. The highest BCUT2D eigenvalue weighted by atomic mass is 16.5. The quantitative estimate of drug-likeness (QED) is 0.806. The number of benzene rings is 2. The Hall–Kier alpha value is -3.22. The van der Waals surface area contributed by atoms with Gasteiger partial charge in [-0.2, -0.15) is 0 Å². The van der Waals surface area contributed by atoms with Crippen molar-refractivity contribution in [1.29, 1.82) is 0 Å². The minimum absolute atomic E-state index is 0.176. The number of rotatable bonds is 7. The Bertz CT molecular complexity index is 728. The topological polar surface area (TPSA) is 99.9 Å². The third-order valence-electron chi connectivity index (χ3n) is 3.18. The number of nitrogens with two attached hydrogens (primary N) is 1. The number of hydrogen-bond donors (Lipinski definition) is 2. The van der Waals surface area contributed by atoms with E-state index in [1.807, 2.05) is 0 Å². The van der Waals surface area contributed by atoms with Gasteiger partial charge in [-0.05, 0) is 36.4 Å². The molecule has 2 aromatic rings. The summed E-state index contributed by atoms with van der Waals surface area (Å²) in [5.41, 5.74) is 6.09. The van der Waals surface area contributed by atoms with Gasteiger partial charge in [-0.3, -0.25) is 9.59 Å². The van der Waals surface area contributed by atoms with Crippen LogP contribution in [0.1, 0.15) is 10.4 Å². The molecule has 2 rings (SSSR count). The molecule has 2 aromatic carbocycles. The maximum Gasteiger partial charge on any atom is 0.262 e. The second-order valence-electron chi connectivity index (χ2n) is 4.80. The lowest BCUT2D eigenvalue weighted by Gasteiger charge is -2.11. The summed E-state index contributed by atoms with van der Waals surface area (Å²) < 4.78 is 15.7. The van der Waals surface area contributed by atoms with E-state index in [0.717, 1.165) is 0 Å². The molecule has 0 atom stereocenters. The van der Waals surface area contributed by atoms with Crippen molar-refractivity contribution in [3.8, 4) is 17.2 Å². The molecular formula is C17H18N2O5. The number of anilines is 1. The molecule has 0 aliphatic heterocycles. The summed E-state index contributed by atoms with van der Waals surface area (Å²) in [4.78, 5) is 22.9. The number of ether oxygens (including phenoxy) is 3. The molecule has 0 fully saturated rings. The molecule has 0 radical (unpaired) electrons. The highest BCUT2D eigenvalue weighted by Gasteiger charge is 2.08. The monoisotopic (exact) mass is 330 g/mol. The first-order chi connectivity index (χ1) is 11.5. The molecule has 0 heterocycles. The Morgan fingerprint density at radius 2 is 1.67 bits per heavy atom. The molecule has 0 aromatic heterocycles. The van der Waals surface area contributed by atoms with Crippen molar-refractivity contribution in [2.75, 3.05) is 26.1 Å². The van der Waals surface area contributed by atoms with E-state index in [2.05, 4.69) is 5.32 Å². The third kappa shape index (κ3) is 4.39. The molecular weight excluding hydrogens is 312 g/mol. The largest absolute Gasteiger partial charge is 0.493 e. The van der Waals surface area contributed by atoms with E-state index in [9.17, 15) is 9.59 Å². The third-order valence-corrected chi connectivity index (χ3v) is 3.18. The number of methoxy groups -OCH3 is 2. The molecule has 0 unspecified atom stereocenters. The molecule has 7 heteroatoms. The van der Waals surface area contributed by atoms with E-state index in [-0.39, 0.29) is 12.5 Å². The smallest absolute Gasteiger partial charge is 0.262 e. The number of hydrogen-bond acceptors (Lipinski definition) is 5. The predicted octanol–water partition coefficient (Wildman–Crippen LogP) is 1.82. The van der Waals surface area contributed by atoms with E-state index in [0.29, 0.717) is 28.5 Å². The fourth-order valence-electron chi connectivity index (χ4n) is 1.98.